The number of hydrogen-bond donors (Lipinski definition) is 1. The molecule has 1 aliphatic rings. The van der Waals surface area contributed by atoms with E-state index in [0.717, 1.165) is 12.0 Å². The smallest absolute Gasteiger partial charge is 0.240 e. The normalized spacial score (nSPS) is 20.5. The fourth-order valence-electron chi connectivity index (χ4n) is 1.96. The van der Waals surface area contributed by atoms with Gasteiger partial charge in [-0.3, -0.25) is 0 Å². The van der Waals surface area contributed by atoms with Gasteiger partial charge in [-0.15, -0.1) is 0 Å². The van der Waals surface area contributed by atoms with Crippen LogP contribution in [0.15, 0.2) is 29.2 Å². The summed E-state index contributed by atoms with van der Waals surface area (Å²) in [5, 5.41) is 0. The Morgan fingerprint density at radius 1 is 1.39 bits per heavy atom. The molecule has 0 bridgehead atoms. The average Bonchev–Trinajstić information content (AvgIpc) is 2.81. The molecule has 0 saturated carbocycles. The molecule has 1 N–H and O–H groups in total. The molecule has 0 aromatic heterocycles. The molecular formula is C13H19NO3S. The van der Waals surface area contributed by atoms with Crippen molar-refractivity contribution in [3.63, 3.8) is 0 Å². The van der Waals surface area contributed by atoms with Crippen LogP contribution in [0.2, 0.25) is 0 Å². The van der Waals surface area contributed by atoms with Gasteiger partial charge >= 0.3 is 0 Å². The summed E-state index contributed by atoms with van der Waals surface area (Å²) in [6.45, 7) is 5.18. The molecule has 0 amide bonds. The lowest BCUT2D eigenvalue weighted by Crippen LogP contribution is -2.35. The lowest BCUT2D eigenvalue weighted by molar-refractivity contribution is 0.192. The van der Waals surface area contributed by atoms with Crippen LogP contribution in [0.25, 0.3) is 0 Å². The monoisotopic (exact) mass is 269 g/mol. The summed E-state index contributed by atoms with van der Waals surface area (Å²) in [5.41, 5.74) is 1.03. The molecule has 0 spiro atoms. The maximum Gasteiger partial charge on any atom is 0.240 e. The van der Waals surface area contributed by atoms with Gasteiger partial charge in [0.25, 0.3) is 0 Å². The Morgan fingerprint density at radius 2 is 2.17 bits per heavy atom. The molecule has 18 heavy (non-hydrogen) atoms. The zero-order valence-electron chi connectivity index (χ0n) is 10.7. The zero-order chi connectivity index (χ0) is 13.2. The van der Waals surface area contributed by atoms with E-state index in [9.17, 15) is 8.42 Å². The third kappa shape index (κ3) is 3.10. The first-order chi connectivity index (χ1) is 8.49. The Balaban J connectivity index is 2.20. The summed E-state index contributed by atoms with van der Waals surface area (Å²) in [5.74, 6) is 0.315. The van der Waals surface area contributed by atoms with Gasteiger partial charge in [-0.25, -0.2) is 13.1 Å². The molecule has 2 rings (SSSR count). The molecule has 4 nitrogen and oxygen atoms in total. The van der Waals surface area contributed by atoms with Crippen LogP contribution in [0.1, 0.15) is 31.7 Å². The number of ether oxygens (including phenoxy) is 1. The van der Waals surface area contributed by atoms with Gasteiger partial charge in [-0.1, -0.05) is 26.0 Å². The summed E-state index contributed by atoms with van der Waals surface area (Å²) in [4.78, 5) is 0.334. The maximum absolute atomic E-state index is 12.2. The molecule has 1 atom stereocenters. The van der Waals surface area contributed by atoms with Gasteiger partial charge in [0.15, 0.2) is 0 Å². The minimum Gasteiger partial charge on any atom is -0.380 e. The number of rotatable bonds is 4. The Hall–Kier alpha value is -0.910. The first-order valence-corrected chi connectivity index (χ1v) is 7.67. The highest BCUT2D eigenvalue weighted by Gasteiger charge is 2.23. The van der Waals surface area contributed by atoms with Crippen molar-refractivity contribution in [2.75, 3.05) is 13.2 Å². The van der Waals surface area contributed by atoms with Crippen LogP contribution in [0.3, 0.4) is 0 Å². The van der Waals surface area contributed by atoms with Crippen LogP contribution in [0.4, 0.5) is 0 Å². The largest absolute Gasteiger partial charge is 0.380 e. The van der Waals surface area contributed by atoms with Crippen molar-refractivity contribution in [1.82, 2.24) is 4.72 Å². The van der Waals surface area contributed by atoms with E-state index in [0.29, 0.717) is 24.0 Å². The van der Waals surface area contributed by atoms with E-state index in [4.69, 9.17) is 4.74 Å². The minimum absolute atomic E-state index is 0.0993. The summed E-state index contributed by atoms with van der Waals surface area (Å²) in [6.07, 6.45) is 0.739. The number of hydrogen-bond acceptors (Lipinski definition) is 3. The van der Waals surface area contributed by atoms with Crippen LogP contribution < -0.4 is 4.72 Å². The quantitative estimate of drug-likeness (QED) is 0.908. The number of benzene rings is 1. The highest BCUT2D eigenvalue weighted by molar-refractivity contribution is 7.89. The van der Waals surface area contributed by atoms with Crippen LogP contribution >= 0.6 is 0 Å². The molecular weight excluding hydrogens is 250 g/mol. The average molecular weight is 269 g/mol. The SMILES string of the molecule is CC(C)c1cccc(S(=O)(=O)NC2CCOC2)c1. The Labute approximate surface area is 108 Å². The standard InChI is InChI=1S/C13H19NO3S/c1-10(2)11-4-3-5-13(8-11)18(15,16)14-12-6-7-17-9-12/h3-5,8,10,12,14H,6-7,9H2,1-2H3. The van der Waals surface area contributed by atoms with E-state index < -0.39 is 10.0 Å². The van der Waals surface area contributed by atoms with Crippen molar-refractivity contribution in [1.29, 1.82) is 0 Å². The predicted octanol–water partition coefficient (Wildman–Crippen LogP) is 1.88. The summed E-state index contributed by atoms with van der Waals surface area (Å²) in [7, 11) is -3.43. The van der Waals surface area contributed by atoms with Crippen molar-refractivity contribution >= 4 is 10.0 Å². The summed E-state index contributed by atoms with van der Waals surface area (Å²) < 4.78 is 32.3. The van der Waals surface area contributed by atoms with Crippen molar-refractivity contribution in [3.05, 3.63) is 29.8 Å². The van der Waals surface area contributed by atoms with Crippen LogP contribution in [-0.2, 0) is 14.8 Å². The lowest BCUT2D eigenvalue weighted by atomic mass is 10.0. The summed E-state index contributed by atoms with van der Waals surface area (Å²) in [6, 6.07) is 7.00. The van der Waals surface area contributed by atoms with E-state index >= 15 is 0 Å². The zero-order valence-corrected chi connectivity index (χ0v) is 11.5. The maximum atomic E-state index is 12.2. The van der Waals surface area contributed by atoms with E-state index in [2.05, 4.69) is 4.72 Å². The van der Waals surface area contributed by atoms with Gasteiger partial charge in [0.1, 0.15) is 0 Å². The fraction of sp³-hybridized carbons (Fsp3) is 0.538. The van der Waals surface area contributed by atoms with Gasteiger partial charge in [0, 0.05) is 12.6 Å². The molecule has 1 saturated heterocycles. The molecule has 0 radical (unpaired) electrons. The van der Waals surface area contributed by atoms with Crippen LogP contribution in [0, 0.1) is 0 Å². The van der Waals surface area contributed by atoms with Crippen molar-refractivity contribution < 1.29 is 13.2 Å². The van der Waals surface area contributed by atoms with Gasteiger partial charge in [0.05, 0.1) is 11.5 Å². The molecule has 100 valence electrons. The van der Waals surface area contributed by atoms with Crippen LogP contribution in [-0.4, -0.2) is 27.7 Å². The second-order valence-electron chi connectivity index (χ2n) is 4.91. The first-order valence-electron chi connectivity index (χ1n) is 6.19. The topological polar surface area (TPSA) is 55.4 Å². The second kappa shape index (κ2) is 5.38. The van der Waals surface area contributed by atoms with Gasteiger partial charge < -0.3 is 4.74 Å². The van der Waals surface area contributed by atoms with Gasteiger partial charge in [-0.2, -0.15) is 0 Å². The van der Waals surface area contributed by atoms with E-state index in [1.807, 2.05) is 19.9 Å². The van der Waals surface area contributed by atoms with Crippen LogP contribution in [0.5, 0.6) is 0 Å². The molecule has 1 aromatic carbocycles. The molecule has 1 heterocycles. The van der Waals surface area contributed by atoms with Crippen molar-refractivity contribution in [2.45, 2.75) is 37.1 Å². The Bertz CT molecular complexity index is 505. The molecule has 1 fully saturated rings. The minimum atomic E-state index is -3.43. The molecule has 5 heteroatoms. The van der Waals surface area contributed by atoms with Crippen molar-refractivity contribution in [2.24, 2.45) is 0 Å². The Kier molecular flexibility index (Phi) is 4.04. The van der Waals surface area contributed by atoms with Crippen molar-refractivity contribution in [3.8, 4) is 0 Å². The third-order valence-corrected chi connectivity index (χ3v) is 4.60. The van der Waals surface area contributed by atoms with E-state index in [-0.39, 0.29) is 6.04 Å². The predicted molar refractivity (Wildman–Crippen MR) is 70.1 cm³/mol. The lowest BCUT2D eigenvalue weighted by Gasteiger charge is -2.13. The molecule has 1 unspecified atom stereocenters. The number of sulfonamides is 1. The third-order valence-electron chi connectivity index (χ3n) is 3.09. The molecule has 1 aliphatic heterocycles. The first kappa shape index (κ1) is 13.5. The second-order valence-corrected chi connectivity index (χ2v) is 6.62. The highest BCUT2D eigenvalue weighted by atomic mass is 32.2. The van der Waals surface area contributed by atoms with E-state index in [1.165, 1.54) is 0 Å². The molecule has 1 aromatic rings. The molecule has 0 aliphatic carbocycles. The fourth-order valence-corrected chi connectivity index (χ4v) is 3.27. The Morgan fingerprint density at radius 3 is 2.78 bits per heavy atom. The highest BCUT2D eigenvalue weighted by Crippen LogP contribution is 2.19. The van der Waals surface area contributed by atoms with E-state index in [1.54, 1.807) is 18.2 Å². The van der Waals surface area contributed by atoms with Gasteiger partial charge in [-0.05, 0) is 30.0 Å². The number of nitrogens with one attached hydrogen (secondary N) is 1. The summed E-state index contributed by atoms with van der Waals surface area (Å²) >= 11 is 0. The van der Waals surface area contributed by atoms with Gasteiger partial charge in [0.2, 0.25) is 10.0 Å².